The second-order valence-electron chi connectivity index (χ2n) is 7.60. The number of aryl methyl sites for hydroxylation is 1. The van der Waals surface area contributed by atoms with Gasteiger partial charge in [0.05, 0.1) is 10.1 Å². The van der Waals surface area contributed by atoms with Crippen LogP contribution < -0.4 is 5.32 Å². The summed E-state index contributed by atoms with van der Waals surface area (Å²) in [4.78, 5) is 12.1. The van der Waals surface area contributed by atoms with Crippen molar-refractivity contribution in [1.29, 1.82) is 0 Å². The highest BCUT2D eigenvalue weighted by Crippen LogP contribution is 2.34. The molecule has 1 aromatic carbocycles. The molecule has 1 aliphatic heterocycles. The summed E-state index contributed by atoms with van der Waals surface area (Å²) in [5, 5.41) is 13.9. The van der Waals surface area contributed by atoms with Crippen LogP contribution in [0.25, 0.3) is 0 Å². The van der Waals surface area contributed by atoms with Gasteiger partial charge in [-0.15, -0.1) is 0 Å². The monoisotopic (exact) mass is 458 g/mol. The van der Waals surface area contributed by atoms with Gasteiger partial charge in [-0.2, -0.15) is 0 Å². The molecule has 6 heteroatoms. The van der Waals surface area contributed by atoms with Gasteiger partial charge in [-0.05, 0) is 40.8 Å². The Balaban J connectivity index is 0.000000211. The molecule has 3 rings (SSSR count). The standard InChI is InChI=1S/C15H24O.C8H7BrN4/c1-5-6-11-15(16,12(2)3)14-9-7-13(4)8-10-14;9-7-3-12-8(13-4-7)6-1-10-5-11-2-6/h7-10,12,16H,5-6,11H2,1-4H3;1-5,8,12H. The van der Waals surface area contributed by atoms with E-state index >= 15 is 0 Å². The van der Waals surface area contributed by atoms with Crippen LogP contribution in [0.2, 0.25) is 0 Å². The summed E-state index contributed by atoms with van der Waals surface area (Å²) < 4.78 is 0.931. The number of aliphatic imine (C=N–C) groups is 1. The second-order valence-corrected chi connectivity index (χ2v) is 8.51. The highest BCUT2D eigenvalue weighted by molar-refractivity contribution is 9.12. The fraction of sp³-hybridized carbons (Fsp3) is 0.435. The van der Waals surface area contributed by atoms with Crippen molar-refractivity contribution in [2.45, 2.75) is 58.7 Å². The summed E-state index contributed by atoms with van der Waals surface area (Å²) in [6.45, 7) is 8.42. The van der Waals surface area contributed by atoms with Crippen LogP contribution in [0.1, 0.15) is 62.9 Å². The maximum Gasteiger partial charge on any atom is 0.147 e. The van der Waals surface area contributed by atoms with Gasteiger partial charge in [0.2, 0.25) is 0 Å². The summed E-state index contributed by atoms with van der Waals surface area (Å²) in [5.74, 6) is 0.252. The highest BCUT2D eigenvalue weighted by atomic mass is 79.9. The SMILES string of the molecule is BrC1=CNC(c2cncnc2)N=C1.CCCCC(O)(c1ccc(C)cc1)C(C)C. The number of aliphatic hydroxyl groups is 1. The first-order chi connectivity index (χ1) is 13.9. The third-order valence-electron chi connectivity index (χ3n) is 5.04. The van der Waals surface area contributed by atoms with E-state index in [2.05, 4.69) is 88.2 Å². The average Bonchev–Trinajstić information content (AvgIpc) is 2.74. The Morgan fingerprint density at radius 3 is 2.34 bits per heavy atom. The number of hydrogen-bond donors (Lipinski definition) is 2. The van der Waals surface area contributed by atoms with Gasteiger partial charge in [-0.25, -0.2) is 9.97 Å². The predicted octanol–water partition coefficient (Wildman–Crippen LogP) is 5.41. The molecular weight excluding hydrogens is 428 g/mol. The summed E-state index contributed by atoms with van der Waals surface area (Å²) in [7, 11) is 0. The van der Waals surface area contributed by atoms with Crippen molar-refractivity contribution in [3.63, 3.8) is 0 Å². The molecule has 2 atom stereocenters. The molecule has 0 spiro atoms. The van der Waals surface area contributed by atoms with Gasteiger partial charge < -0.3 is 10.4 Å². The lowest BCUT2D eigenvalue weighted by atomic mass is 9.79. The second kappa shape index (κ2) is 11.2. The first-order valence-corrected chi connectivity index (χ1v) is 10.9. The van der Waals surface area contributed by atoms with Gasteiger partial charge in [0, 0.05) is 30.4 Å². The first kappa shape index (κ1) is 23.2. The Hall–Kier alpha value is -2.05. The van der Waals surface area contributed by atoms with Crippen LogP contribution in [0.15, 0.2) is 58.7 Å². The zero-order valence-electron chi connectivity index (χ0n) is 17.6. The Labute approximate surface area is 182 Å². The van der Waals surface area contributed by atoms with Crippen LogP contribution in [0.5, 0.6) is 0 Å². The summed E-state index contributed by atoms with van der Waals surface area (Å²) in [5.41, 5.74) is 2.59. The topological polar surface area (TPSA) is 70.4 Å². The molecule has 0 saturated carbocycles. The van der Waals surface area contributed by atoms with Gasteiger partial charge in [-0.3, -0.25) is 4.99 Å². The number of benzene rings is 1. The van der Waals surface area contributed by atoms with E-state index in [1.54, 1.807) is 18.6 Å². The number of nitrogens with zero attached hydrogens (tertiary/aromatic N) is 3. The van der Waals surface area contributed by atoms with Crippen molar-refractivity contribution in [1.82, 2.24) is 15.3 Å². The van der Waals surface area contributed by atoms with E-state index in [0.29, 0.717) is 0 Å². The Kier molecular flexibility index (Phi) is 8.99. The normalized spacial score (nSPS) is 17.6. The van der Waals surface area contributed by atoms with Crippen LogP contribution in [0, 0.1) is 12.8 Å². The van der Waals surface area contributed by atoms with Crippen molar-refractivity contribution < 1.29 is 5.11 Å². The van der Waals surface area contributed by atoms with Crippen LogP contribution in [-0.2, 0) is 5.60 Å². The van der Waals surface area contributed by atoms with E-state index in [4.69, 9.17) is 0 Å². The maximum atomic E-state index is 10.8. The minimum absolute atomic E-state index is 0.0671. The molecule has 1 aromatic heterocycles. The lowest BCUT2D eigenvalue weighted by Gasteiger charge is -2.33. The fourth-order valence-corrected chi connectivity index (χ4v) is 3.32. The van der Waals surface area contributed by atoms with Gasteiger partial charge in [0.15, 0.2) is 0 Å². The van der Waals surface area contributed by atoms with E-state index in [9.17, 15) is 5.11 Å². The molecule has 2 N–H and O–H groups in total. The van der Waals surface area contributed by atoms with Crippen molar-refractivity contribution in [3.05, 3.63) is 70.4 Å². The van der Waals surface area contributed by atoms with Crippen molar-refractivity contribution in [2.75, 3.05) is 0 Å². The van der Waals surface area contributed by atoms with Crippen molar-refractivity contribution in [2.24, 2.45) is 10.9 Å². The highest BCUT2D eigenvalue weighted by Gasteiger charge is 2.32. The number of hydrogen-bond acceptors (Lipinski definition) is 5. The molecule has 0 amide bonds. The Morgan fingerprint density at radius 1 is 1.17 bits per heavy atom. The van der Waals surface area contributed by atoms with Crippen LogP contribution >= 0.6 is 15.9 Å². The van der Waals surface area contributed by atoms with Gasteiger partial charge >= 0.3 is 0 Å². The number of aromatic nitrogens is 2. The molecule has 29 heavy (non-hydrogen) atoms. The lowest BCUT2D eigenvalue weighted by molar-refractivity contribution is -0.0203. The number of halogens is 1. The van der Waals surface area contributed by atoms with Gasteiger partial charge in [-0.1, -0.05) is 63.4 Å². The number of unbranched alkanes of at least 4 members (excludes halogenated alkanes) is 1. The first-order valence-electron chi connectivity index (χ1n) is 10.1. The van der Waals surface area contributed by atoms with Gasteiger partial charge in [0.25, 0.3) is 0 Å². The third-order valence-corrected chi connectivity index (χ3v) is 5.47. The third kappa shape index (κ3) is 6.75. The quantitative estimate of drug-likeness (QED) is 0.606. The van der Waals surface area contributed by atoms with E-state index < -0.39 is 5.60 Å². The van der Waals surface area contributed by atoms with Gasteiger partial charge in [0.1, 0.15) is 12.5 Å². The maximum absolute atomic E-state index is 10.8. The van der Waals surface area contributed by atoms with E-state index in [0.717, 1.165) is 34.9 Å². The number of nitrogens with one attached hydrogen (secondary N) is 1. The molecule has 5 nitrogen and oxygen atoms in total. The zero-order chi connectivity index (χ0) is 21.3. The molecule has 0 bridgehead atoms. The summed E-state index contributed by atoms with van der Waals surface area (Å²) in [6.07, 6.45) is 11.6. The average molecular weight is 459 g/mol. The Morgan fingerprint density at radius 2 is 1.83 bits per heavy atom. The summed E-state index contributed by atoms with van der Waals surface area (Å²) >= 11 is 3.31. The molecule has 0 fully saturated rings. The van der Waals surface area contributed by atoms with Crippen LogP contribution in [-0.4, -0.2) is 21.3 Å². The summed E-state index contributed by atoms with van der Waals surface area (Å²) in [6, 6.07) is 8.28. The molecule has 1 aliphatic rings. The fourth-order valence-electron chi connectivity index (χ4n) is 3.07. The van der Waals surface area contributed by atoms with E-state index in [1.165, 1.54) is 11.9 Å². The smallest absolute Gasteiger partial charge is 0.147 e. The molecule has 0 aliphatic carbocycles. The molecular formula is C23H31BrN4O. The Bertz CT molecular complexity index is 805. The largest absolute Gasteiger partial charge is 0.385 e. The molecule has 0 saturated heterocycles. The molecule has 2 unspecified atom stereocenters. The van der Waals surface area contributed by atoms with Crippen LogP contribution in [0.3, 0.4) is 0 Å². The van der Waals surface area contributed by atoms with E-state index in [1.807, 2.05) is 6.20 Å². The minimum Gasteiger partial charge on any atom is -0.385 e. The van der Waals surface area contributed by atoms with Crippen molar-refractivity contribution >= 4 is 22.1 Å². The number of allylic oxidation sites excluding steroid dienone is 1. The van der Waals surface area contributed by atoms with E-state index in [-0.39, 0.29) is 12.1 Å². The number of rotatable bonds is 6. The predicted molar refractivity (Wildman–Crippen MR) is 123 cm³/mol. The zero-order valence-corrected chi connectivity index (χ0v) is 19.2. The molecule has 156 valence electrons. The molecule has 2 heterocycles. The van der Waals surface area contributed by atoms with Crippen molar-refractivity contribution in [3.8, 4) is 0 Å². The molecule has 2 aromatic rings. The lowest BCUT2D eigenvalue weighted by Crippen LogP contribution is -2.32. The van der Waals surface area contributed by atoms with Crippen LogP contribution in [0.4, 0.5) is 0 Å². The minimum atomic E-state index is -0.663. The molecule has 0 radical (unpaired) electrons.